The highest BCUT2D eigenvalue weighted by molar-refractivity contribution is 5.87. The Kier molecular flexibility index (Phi) is 2.94. The minimum Gasteiger partial charge on any atom is -0.478 e. The summed E-state index contributed by atoms with van der Waals surface area (Å²) in [4.78, 5) is 14.9. The molecule has 2 aliphatic rings. The zero-order valence-corrected chi connectivity index (χ0v) is 10.3. The topological polar surface area (TPSA) is 62.2 Å². The summed E-state index contributed by atoms with van der Waals surface area (Å²) in [5.41, 5.74) is 0.237. The first-order chi connectivity index (χ1) is 8.74. The monoisotopic (exact) mass is 246 g/mol. The third kappa shape index (κ3) is 2.63. The molecule has 0 saturated heterocycles. The van der Waals surface area contributed by atoms with Crippen LogP contribution in [0.5, 0.6) is 0 Å². The van der Waals surface area contributed by atoms with Gasteiger partial charge in [0.2, 0.25) is 0 Å². The molecule has 18 heavy (non-hydrogen) atoms. The largest absolute Gasteiger partial charge is 0.478 e. The molecule has 2 saturated carbocycles. The first kappa shape index (κ1) is 11.5. The number of aromatic nitrogens is 1. The van der Waals surface area contributed by atoms with Crippen molar-refractivity contribution in [1.82, 2.24) is 4.98 Å². The molecule has 2 fully saturated rings. The van der Waals surface area contributed by atoms with Gasteiger partial charge in [0, 0.05) is 12.7 Å². The Balaban J connectivity index is 1.56. The summed E-state index contributed by atoms with van der Waals surface area (Å²) in [7, 11) is 0. The third-order valence-corrected chi connectivity index (χ3v) is 3.98. The van der Waals surface area contributed by atoms with E-state index in [9.17, 15) is 4.79 Å². The molecule has 0 radical (unpaired) electrons. The van der Waals surface area contributed by atoms with E-state index in [-0.39, 0.29) is 5.56 Å². The average molecular weight is 246 g/mol. The van der Waals surface area contributed by atoms with Gasteiger partial charge in [-0.05, 0) is 55.6 Å². The molecule has 0 aliphatic heterocycles. The van der Waals surface area contributed by atoms with Crippen molar-refractivity contribution in [2.75, 3.05) is 11.9 Å². The van der Waals surface area contributed by atoms with Crippen molar-refractivity contribution in [3.8, 4) is 0 Å². The van der Waals surface area contributed by atoms with Crippen LogP contribution in [0.15, 0.2) is 18.3 Å². The number of hydrogen-bond donors (Lipinski definition) is 2. The molecule has 0 spiro atoms. The average Bonchev–Trinajstić information content (AvgIpc) is 3.24. The van der Waals surface area contributed by atoms with E-state index in [1.54, 1.807) is 12.1 Å². The molecule has 1 aromatic rings. The molecule has 2 aliphatic carbocycles. The molecule has 0 bridgehead atoms. The van der Waals surface area contributed by atoms with Crippen molar-refractivity contribution in [3.05, 3.63) is 23.9 Å². The highest BCUT2D eigenvalue weighted by Crippen LogP contribution is 2.49. The Morgan fingerprint density at radius 1 is 1.33 bits per heavy atom. The quantitative estimate of drug-likeness (QED) is 0.810. The molecule has 3 rings (SSSR count). The first-order valence-corrected chi connectivity index (χ1v) is 6.67. The van der Waals surface area contributed by atoms with Crippen LogP contribution < -0.4 is 5.32 Å². The first-order valence-electron chi connectivity index (χ1n) is 6.67. The number of nitrogens with one attached hydrogen (secondary N) is 1. The van der Waals surface area contributed by atoms with Crippen LogP contribution >= 0.6 is 0 Å². The third-order valence-electron chi connectivity index (χ3n) is 3.98. The Hall–Kier alpha value is -1.58. The van der Waals surface area contributed by atoms with Crippen LogP contribution in [0.3, 0.4) is 0 Å². The van der Waals surface area contributed by atoms with Crippen molar-refractivity contribution >= 4 is 11.8 Å². The van der Waals surface area contributed by atoms with Gasteiger partial charge in [0.05, 0.1) is 5.56 Å². The molecule has 1 aromatic heterocycles. The maximum atomic E-state index is 10.7. The SMILES string of the molecule is O=C(O)c1ccc(NCC(C2CC2)C2CC2)nc1. The van der Waals surface area contributed by atoms with E-state index >= 15 is 0 Å². The summed E-state index contributed by atoms with van der Waals surface area (Å²) in [6.07, 6.45) is 6.94. The Bertz CT molecular complexity index is 424. The van der Waals surface area contributed by atoms with Gasteiger partial charge in [0.15, 0.2) is 0 Å². The molecule has 0 atom stereocenters. The van der Waals surface area contributed by atoms with Crippen molar-refractivity contribution in [2.24, 2.45) is 17.8 Å². The van der Waals surface area contributed by atoms with Crippen molar-refractivity contribution in [3.63, 3.8) is 0 Å². The molecule has 96 valence electrons. The molecule has 0 aromatic carbocycles. The standard InChI is InChI=1S/C14H18N2O2/c17-14(18)11-5-6-13(15-7-11)16-8-12(9-1-2-9)10-3-4-10/h5-7,9-10,12H,1-4,8H2,(H,15,16)(H,17,18). The van der Waals surface area contributed by atoms with Crippen molar-refractivity contribution in [2.45, 2.75) is 25.7 Å². The van der Waals surface area contributed by atoms with Gasteiger partial charge in [-0.2, -0.15) is 0 Å². The fraction of sp³-hybridized carbons (Fsp3) is 0.571. The minimum absolute atomic E-state index is 0.237. The van der Waals surface area contributed by atoms with Gasteiger partial charge in [-0.15, -0.1) is 0 Å². The van der Waals surface area contributed by atoms with E-state index in [1.807, 2.05) is 0 Å². The lowest BCUT2D eigenvalue weighted by Crippen LogP contribution is -2.18. The molecule has 0 amide bonds. The van der Waals surface area contributed by atoms with E-state index in [0.29, 0.717) is 0 Å². The molecule has 4 heteroatoms. The predicted octanol–water partition coefficient (Wildman–Crippen LogP) is 2.63. The van der Waals surface area contributed by atoms with E-state index in [2.05, 4.69) is 10.3 Å². The minimum atomic E-state index is -0.928. The normalized spacial score (nSPS) is 18.9. The number of aromatic carboxylic acids is 1. The Labute approximate surface area is 106 Å². The summed E-state index contributed by atoms with van der Waals surface area (Å²) in [6, 6.07) is 3.35. The second-order valence-electron chi connectivity index (χ2n) is 5.46. The molecule has 1 heterocycles. The number of pyridine rings is 1. The van der Waals surface area contributed by atoms with Crippen LogP contribution in [0.1, 0.15) is 36.0 Å². The van der Waals surface area contributed by atoms with E-state index in [0.717, 1.165) is 30.1 Å². The van der Waals surface area contributed by atoms with Crippen LogP contribution in [-0.4, -0.2) is 22.6 Å². The van der Waals surface area contributed by atoms with Gasteiger partial charge in [-0.3, -0.25) is 0 Å². The van der Waals surface area contributed by atoms with Crippen molar-refractivity contribution in [1.29, 1.82) is 0 Å². The number of anilines is 1. The van der Waals surface area contributed by atoms with E-state index in [1.165, 1.54) is 31.9 Å². The van der Waals surface area contributed by atoms with Crippen LogP contribution in [0.2, 0.25) is 0 Å². The summed E-state index contributed by atoms with van der Waals surface area (Å²) in [5, 5.41) is 12.1. The fourth-order valence-electron chi connectivity index (χ4n) is 2.61. The molecule has 0 unspecified atom stereocenters. The maximum Gasteiger partial charge on any atom is 0.337 e. The summed E-state index contributed by atoms with van der Waals surface area (Å²) in [5.74, 6) is 2.49. The predicted molar refractivity (Wildman–Crippen MR) is 68.6 cm³/mol. The second-order valence-corrected chi connectivity index (χ2v) is 5.46. The highest BCUT2D eigenvalue weighted by Gasteiger charge is 2.40. The molecule has 4 nitrogen and oxygen atoms in total. The van der Waals surface area contributed by atoms with Crippen LogP contribution in [0.4, 0.5) is 5.82 Å². The van der Waals surface area contributed by atoms with Gasteiger partial charge in [-0.1, -0.05) is 0 Å². The highest BCUT2D eigenvalue weighted by atomic mass is 16.4. The summed E-state index contributed by atoms with van der Waals surface area (Å²) >= 11 is 0. The summed E-state index contributed by atoms with van der Waals surface area (Å²) < 4.78 is 0. The molecule has 2 N–H and O–H groups in total. The lowest BCUT2D eigenvalue weighted by atomic mass is 9.98. The number of carbonyl (C=O) groups is 1. The molecular weight excluding hydrogens is 228 g/mol. The number of nitrogens with zero attached hydrogens (tertiary/aromatic N) is 1. The number of rotatable bonds is 6. The van der Waals surface area contributed by atoms with E-state index < -0.39 is 5.97 Å². The Morgan fingerprint density at radius 2 is 2.00 bits per heavy atom. The summed E-state index contributed by atoms with van der Waals surface area (Å²) in [6.45, 7) is 0.981. The van der Waals surface area contributed by atoms with Crippen LogP contribution in [0.25, 0.3) is 0 Å². The lowest BCUT2D eigenvalue weighted by molar-refractivity contribution is 0.0696. The van der Waals surface area contributed by atoms with Crippen LogP contribution in [-0.2, 0) is 0 Å². The number of hydrogen-bond acceptors (Lipinski definition) is 3. The fourth-order valence-corrected chi connectivity index (χ4v) is 2.61. The van der Waals surface area contributed by atoms with Crippen molar-refractivity contribution < 1.29 is 9.90 Å². The van der Waals surface area contributed by atoms with Gasteiger partial charge in [-0.25, -0.2) is 9.78 Å². The second kappa shape index (κ2) is 4.59. The van der Waals surface area contributed by atoms with E-state index in [4.69, 9.17) is 5.11 Å². The van der Waals surface area contributed by atoms with Gasteiger partial charge in [0.25, 0.3) is 0 Å². The van der Waals surface area contributed by atoms with Gasteiger partial charge >= 0.3 is 5.97 Å². The molecular formula is C14H18N2O2. The number of carboxylic acids is 1. The van der Waals surface area contributed by atoms with Gasteiger partial charge in [0.1, 0.15) is 5.82 Å². The maximum absolute atomic E-state index is 10.7. The number of carboxylic acid groups (broad SMARTS) is 1. The van der Waals surface area contributed by atoms with Gasteiger partial charge < -0.3 is 10.4 Å². The zero-order chi connectivity index (χ0) is 12.5. The smallest absolute Gasteiger partial charge is 0.337 e. The van der Waals surface area contributed by atoms with Crippen LogP contribution in [0, 0.1) is 17.8 Å². The Morgan fingerprint density at radius 3 is 2.44 bits per heavy atom. The lowest BCUT2D eigenvalue weighted by Gasteiger charge is -2.16. The zero-order valence-electron chi connectivity index (χ0n) is 10.3.